The molecule has 0 aromatic carbocycles. The van der Waals surface area contributed by atoms with Crippen LogP contribution in [0.15, 0.2) is 24.5 Å². The Labute approximate surface area is 163 Å². The lowest BCUT2D eigenvalue weighted by atomic mass is 10.1. The van der Waals surface area contributed by atoms with Gasteiger partial charge in [0.25, 0.3) is 11.8 Å². The highest BCUT2D eigenvalue weighted by Gasteiger charge is 2.31. The van der Waals surface area contributed by atoms with Crippen molar-refractivity contribution in [3.05, 3.63) is 46.8 Å². The van der Waals surface area contributed by atoms with E-state index in [0.29, 0.717) is 22.3 Å². The van der Waals surface area contributed by atoms with Crippen LogP contribution in [-0.2, 0) is 17.9 Å². The highest BCUT2D eigenvalue weighted by Crippen LogP contribution is 2.29. The summed E-state index contributed by atoms with van der Waals surface area (Å²) in [5.41, 5.74) is 1.92. The number of rotatable bonds is 6. The van der Waals surface area contributed by atoms with E-state index in [1.807, 2.05) is 0 Å². The molecule has 2 N–H and O–H groups in total. The largest absolute Gasteiger partial charge is 0.468 e. The predicted molar refractivity (Wildman–Crippen MR) is 94.1 cm³/mol. The number of aryl methyl sites for hydroxylation is 1. The quantitative estimate of drug-likeness (QED) is 0.753. The van der Waals surface area contributed by atoms with Gasteiger partial charge >= 0.3 is 6.18 Å². The molecule has 0 atom stereocenters. The van der Waals surface area contributed by atoms with Gasteiger partial charge in [-0.05, 0) is 24.6 Å². The fraction of sp³-hybridized carbons (Fsp3) is 0.333. The second-order valence-corrected chi connectivity index (χ2v) is 6.42. The normalized spacial score (nSPS) is 13.4. The number of nitrogens with one attached hydrogen (secondary N) is 1. The van der Waals surface area contributed by atoms with Crippen LogP contribution < -0.4 is 10.1 Å². The first-order valence-electron chi connectivity index (χ1n) is 8.51. The number of carbonyl (C=O) groups is 2. The van der Waals surface area contributed by atoms with Gasteiger partial charge in [-0.2, -0.15) is 13.2 Å². The lowest BCUT2D eigenvalue weighted by Gasteiger charge is -2.17. The van der Waals surface area contributed by atoms with Crippen LogP contribution in [0.2, 0.25) is 0 Å². The molecule has 0 unspecified atom stereocenters. The highest BCUT2D eigenvalue weighted by molar-refractivity contribution is 6.01. The number of aliphatic hydroxyl groups excluding tert-OH is 1. The smallest absolute Gasteiger partial charge is 0.422 e. The molecule has 0 aliphatic carbocycles. The fourth-order valence-corrected chi connectivity index (χ4v) is 2.92. The first-order valence-corrected chi connectivity index (χ1v) is 8.51. The van der Waals surface area contributed by atoms with E-state index in [0.717, 1.165) is 0 Å². The van der Waals surface area contributed by atoms with Crippen LogP contribution in [0, 0.1) is 6.92 Å². The molecule has 2 aromatic heterocycles. The zero-order chi connectivity index (χ0) is 21.2. The standard InChI is InChI=1S/C18H17F3N4O4/c1-10-4-11(5-23-16(10)29-9-18(19,20)21)6-25-7-13-12(17(25)28)2-3-22-15(13)24-14(27)8-26/h2-5,26H,6-9H2,1H3,(H,22,24,27). The predicted octanol–water partition coefficient (Wildman–Crippen LogP) is 1.81. The van der Waals surface area contributed by atoms with Crippen molar-refractivity contribution in [2.75, 3.05) is 18.5 Å². The van der Waals surface area contributed by atoms with Crippen molar-refractivity contribution in [1.29, 1.82) is 0 Å². The van der Waals surface area contributed by atoms with Crippen molar-refractivity contribution < 1.29 is 32.6 Å². The number of hydrogen-bond acceptors (Lipinski definition) is 6. The number of fused-ring (bicyclic) bond motifs is 1. The Balaban J connectivity index is 1.73. The second kappa shape index (κ2) is 8.03. The van der Waals surface area contributed by atoms with Crippen molar-refractivity contribution in [3.63, 3.8) is 0 Å². The first kappa shape index (κ1) is 20.5. The van der Waals surface area contributed by atoms with Gasteiger partial charge in [0, 0.05) is 35.6 Å². The molecule has 0 saturated carbocycles. The number of aromatic nitrogens is 2. The van der Waals surface area contributed by atoms with E-state index in [-0.39, 0.29) is 30.7 Å². The van der Waals surface area contributed by atoms with Crippen LogP contribution in [-0.4, -0.2) is 51.2 Å². The lowest BCUT2D eigenvalue weighted by molar-refractivity contribution is -0.154. The molecule has 154 valence electrons. The van der Waals surface area contributed by atoms with Crippen molar-refractivity contribution >= 4 is 17.6 Å². The maximum Gasteiger partial charge on any atom is 0.422 e. The number of nitrogens with zero attached hydrogens (tertiary/aromatic N) is 3. The average Bonchev–Trinajstić information content (AvgIpc) is 2.97. The number of pyridine rings is 2. The van der Waals surface area contributed by atoms with E-state index >= 15 is 0 Å². The summed E-state index contributed by atoms with van der Waals surface area (Å²) in [7, 11) is 0. The van der Waals surface area contributed by atoms with E-state index in [1.54, 1.807) is 13.0 Å². The van der Waals surface area contributed by atoms with Crippen molar-refractivity contribution in [2.24, 2.45) is 0 Å². The van der Waals surface area contributed by atoms with Crippen LogP contribution in [0.25, 0.3) is 0 Å². The average molecular weight is 410 g/mol. The molecule has 0 spiro atoms. The van der Waals surface area contributed by atoms with Gasteiger partial charge in [-0.1, -0.05) is 0 Å². The minimum Gasteiger partial charge on any atom is -0.468 e. The van der Waals surface area contributed by atoms with E-state index in [1.165, 1.54) is 23.4 Å². The maximum absolute atomic E-state index is 12.6. The number of amides is 2. The van der Waals surface area contributed by atoms with Gasteiger partial charge in [0.2, 0.25) is 5.88 Å². The minimum atomic E-state index is -4.46. The highest BCUT2D eigenvalue weighted by atomic mass is 19.4. The Morgan fingerprint density at radius 1 is 1.38 bits per heavy atom. The van der Waals surface area contributed by atoms with Crippen LogP contribution >= 0.6 is 0 Å². The monoisotopic (exact) mass is 410 g/mol. The molecule has 8 nitrogen and oxygen atoms in total. The third kappa shape index (κ3) is 4.80. The topological polar surface area (TPSA) is 105 Å². The van der Waals surface area contributed by atoms with Gasteiger partial charge < -0.3 is 20.1 Å². The van der Waals surface area contributed by atoms with Gasteiger partial charge in [0.15, 0.2) is 6.61 Å². The van der Waals surface area contributed by atoms with Crippen molar-refractivity contribution in [3.8, 4) is 5.88 Å². The van der Waals surface area contributed by atoms with Gasteiger partial charge in [-0.25, -0.2) is 9.97 Å². The Morgan fingerprint density at radius 3 is 2.79 bits per heavy atom. The first-order chi connectivity index (χ1) is 13.7. The molecule has 3 rings (SSSR count). The molecule has 2 amide bonds. The summed E-state index contributed by atoms with van der Waals surface area (Å²) < 4.78 is 41.5. The molecule has 0 bridgehead atoms. The molecular weight excluding hydrogens is 393 g/mol. The summed E-state index contributed by atoms with van der Waals surface area (Å²) in [6, 6.07) is 3.13. The van der Waals surface area contributed by atoms with Crippen LogP contribution in [0.1, 0.15) is 27.0 Å². The third-order valence-corrected chi connectivity index (χ3v) is 4.16. The Kier molecular flexibility index (Phi) is 5.69. The molecule has 3 heterocycles. The molecule has 0 fully saturated rings. The van der Waals surface area contributed by atoms with E-state index < -0.39 is 25.3 Å². The summed E-state index contributed by atoms with van der Waals surface area (Å²) in [4.78, 5) is 33.5. The molecule has 0 radical (unpaired) electrons. The third-order valence-electron chi connectivity index (χ3n) is 4.16. The van der Waals surface area contributed by atoms with Gasteiger partial charge in [-0.3, -0.25) is 9.59 Å². The minimum absolute atomic E-state index is 0.125. The Hall–Kier alpha value is -3.21. The fourth-order valence-electron chi connectivity index (χ4n) is 2.92. The van der Waals surface area contributed by atoms with Crippen LogP contribution in [0.4, 0.5) is 19.0 Å². The van der Waals surface area contributed by atoms with Gasteiger partial charge in [-0.15, -0.1) is 0 Å². The summed E-state index contributed by atoms with van der Waals surface area (Å²) in [5.74, 6) is -0.856. The Bertz CT molecular complexity index is 949. The molecule has 29 heavy (non-hydrogen) atoms. The SMILES string of the molecule is Cc1cc(CN2Cc3c(ccnc3NC(=O)CO)C2=O)cnc1OCC(F)(F)F. The molecule has 0 saturated heterocycles. The number of hydrogen-bond donors (Lipinski definition) is 2. The van der Waals surface area contributed by atoms with E-state index in [2.05, 4.69) is 20.0 Å². The van der Waals surface area contributed by atoms with E-state index in [9.17, 15) is 22.8 Å². The number of aliphatic hydroxyl groups is 1. The number of anilines is 1. The lowest BCUT2D eigenvalue weighted by Crippen LogP contribution is -2.23. The number of ether oxygens (including phenoxy) is 1. The Morgan fingerprint density at radius 2 is 2.14 bits per heavy atom. The summed E-state index contributed by atoms with van der Waals surface area (Å²) in [5, 5.41) is 11.3. The number of halogens is 3. The summed E-state index contributed by atoms with van der Waals surface area (Å²) >= 11 is 0. The molecule has 1 aliphatic heterocycles. The zero-order valence-electron chi connectivity index (χ0n) is 15.3. The zero-order valence-corrected chi connectivity index (χ0v) is 15.3. The second-order valence-electron chi connectivity index (χ2n) is 6.42. The number of alkyl halides is 3. The van der Waals surface area contributed by atoms with Crippen molar-refractivity contribution in [2.45, 2.75) is 26.2 Å². The molecule has 1 aliphatic rings. The van der Waals surface area contributed by atoms with Crippen molar-refractivity contribution in [1.82, 2.24) is 14.9 Å². The number of carbonyl (C=O) groups excluding carboxylic acids is 2. The van der Waals surface area contributed by atoms with Crippen LogP contribution in [0.5, 0.6) is 5.88 Å². The van der Waals surface area contributed by atoms with Gasteiger partial charge in [0.1, 0.15) is 12.4 Å². The maximum atomic E-state index is 12.6. The van der Waals surface area contributed by atoms with E-state index in [4.69, 9.17) is 5.11 Å². The summed E-state index contributed by atoms with van der Waals surface area (Å²) in [6.45, 7) is -0.246. The molecule has 11 heteroatoms. The van der Waals surface area contributed by atoms with Crippen LogP contribution in [0.3, 0.4) is 0 Å². The molecular formula is C18H17F3N4O4. The van der Waals surface area contributed by atoms with Gasteiger partial charge in [0.05, 0.1) is 6.54 Å². The molecule has 2 aromatic rings. The summed E-state index contributed by atoms with van der Waals surface area (Å²) in [6.07, 6.45) is -1.73.